The lowest BCUT2D eigenvalue weighted by molar-refractivity contribution is -0.205. The number of hydrogen-bond acceptors (Lipinski definition) is 1. The first-order valence-corrected chi connectivity index (χ1v) is 2.73. The molecule has 0 aliphatic carbocycles. The van der Waals surface area contributed by atoms with E-state index < -0.39 is 12.3 Å². The van der Waals surface area contributed by atoms with Crippen LogP contribution in [0.2, 0.25) is 0 Å². The van der Waals surface area contributed by atoms with E-state index in [0.717, 1.165) is 0 Å². The van der Waals surface area contributed by atoms with Gasteiger partial charge in [-0.3, -0.25) is 0 Å². The van der Waals surface area contributed by atoms with Crippen molar-refractivity contribution in [2.75, 3.05) is 0 Å². The lowest BCUT2D eigenvalue weighted by Crippen LogP contribution is -2.27. The fourth-order valence-corrected chi connectivity index (χ4v) is 0.437. The summed E-state index contributed by atoms with van der Waals surface area (Å²) in [6.45, 7) is 1.59. The minimum absolute atomic E-state index is 0. The van der Waals surface area contributed by atoms with Crippen LogP contribution >= 0.6 is 12.4 Å². The lowest BCUT2D eigenvalue weighted by Gasteiger charge is -2.12. The quantitative estimate of drug-likeness (QED) is 0.687. The van der Waals surface area contributed by atoms with E-state index in [1.807, 2.05) is 0 Å². The summed E-state index contributed by atoms with van der Waals surface area (Å²) in [5.41, 5.74) is 0. The lowest BCUT2D eigenvalue weighted by atomic mass is 10.2. The first-order valence-electron chi connectivity index (χ1n) is 2.73. The summed E-state index contributed by atoms with van der Waals surface area (Å²) in [7, 11) is 0. The van der Waals surface area contributed by atoms with Crippen LogP contribution in [0.4, 0.5) is 13.2 Å². The molecule has 0 fully saturated rings. The molecule has 0 spiro atoms. The van der Waals surface area contributed by atoms with Crippen LogP contribution in [-0.4, -0.2) is 17.4 Å². The van der Waals surface area contributed by atoms with E-state index in [-0.39, 0.29) is 18.8 Å². The molecule has 0 aliphatic heterocycles. The Morgan fingerprint density at radius 2 is 1.80 bits per heavy atom. The Bertz CT molecular complexity index is 83.5. The minimum Gasteiger partial charge on any atom is -0.384 e. The first-order chi connectivity index (χ1) is 3.98. The molecule has 1 N–H and O–H groups in total. The zero-order valence-corrected chi connectivity index (χ0v) is 6.30. The van der Waals surface area contributed by atoms with E-state index in [1.54, 1.807) is 6.92 Å². The van der Waals surface area contributed by atoms with Gasteiger partial charge in [-0.2, -0.15) is 13.2 Å². The van der Waals surface area contributed by atoms with Crippen molar-refractivity contribution in [1.29, 1.82) is 0 Å². The van der Waals surface area contributed by atoms with Gasteiger partial charge in [0.25, 0.3) is 0 Å². The highest BCUT2D eigenvalue weighted by Crippen LogP contribution is 2.22. The molecule has 1 unspecified atom stereocenters. The fourth-order valence-electron chi connectivity index (χ4n) is 0.437. The van der Waals surface area contributed by atoms with E-state index in [4.69, 9.17) is 5.11 Å². The van der Waals surface area contributed by atoms with Crippen LogP contribution < -0.4 is 0 Å². The molecule has 0 bridgehead atoms. The molecule has 1 atom stereocenters. The van der Waals surface area contributed by atoms with Crippen LogP contribution in [-0.2, 0) is 0 Å². The summed E-state index contributed by atoms with van der Waals surface area (Å²) in [5, 5.41) is 8.26. The maximum Gasteiger partial charge on any atom is 0.414 e. The second-order valence-corrected chi connectivity index (χ2v) is 1.85. The summed E-state index contributed by atoms with van der Waals surface area (Å²) < 4.78 is 34.2. The second kappa shape index (κ2) is 4.79. The normalized spacial score (nSPS) is 14.1. The van der Waals surface area contributed by atoms with E-state index in [0.29, 0.717) is 6.42 Å². The van der Waals surface area contributed by atoms with Gasteiger partial charge in [0, 0.05) is 0 Å². The van der Waals surface area contributed by atoms with Gasteiger partial charge in [0.2, 0.25) is 0 Å². The van der Waals surface area contributed by atoms with Crippen molar-refractivity contribution in [3.05, 3.63) is 0 Å². The Morgan fingerprint density at radius 1 is 1.40 bits per heavy atom. The summed E-state index contributed by atoms with van der Waals surface area (Å²) >= 11 is 0. The summed E-state index contributed by atoms with van der Waals surface area (Å²) in [6.07, 6.45) is -6.43. The van der Waals surface area contributed by atoms with Gasteiger partial charge in [0.1, 0.15) is 6.10 Å². The Morgan fingerprint density at radius 3 is 1.90 bits per heavy atom. The van der Waals surface area contributed by atoms with Gasteiger partial charge in [-0.15, -0.1) is 12.4 Å². The standard InChI is InChI=1S/C5H9F3O.ClH/c1-2-3-4(9)5(6,7)8;/h4,9H,2-3H2,1H3;1H. The molecule has 0 radical (unpaired) electrons. The predicted octanol–water partition coefficient (Wildman–Crippen LogP) is 2.13. The van der Waals surface area contributed by atoms with Crippen LogP contribution in [0.15, 0.2) is 0 Å². The van der Waals surface area contributed by atoms with Gasteiger partial charge in [0.05, 0.1) is 0 Å². The van der Waals surface area contributed by atoms with Crippen LogP contribution in [0.1, 0.15) is 19.8 Å². The molecule has 0 saturated carbocycles. The smallest absolute Gasteiger partial charge is 0.384 e. The predicted molar refractivity (Wildman–Crippen MR) is 34.2 cm³/mol. The van der Waals surface area contributed by atoms with E-state index in [9.17, 15) is 13.2 Å². The van der Waals surface area contributed by atoms with Crippen molar-refractivity contribution in [3.8, 4) is 0 Å². The van der Waals surface area contributed by atoms with Gasteiger partial charge < -0.3 is 5.11 Å². The summed E-state index contributed by atoms with van der Waals surface area (Å²) in [5.74, 6) is 0. The molecule has 64 valence electrons. The van der Waals surface area contributed by atoms with Crippen molar-refractivity contribution in [2.24, 2.45) is 0 Å². The molecule has 0 heterocycles. The molecule has 5 heteroatoms. The maximum atomic E-state index is 11.4. The first kappa shape index (κ1) is 12.7. The van der Waals surface area contributed by atoms with Crippen molar-refractivity contribution in [2.45, 2.75) is 32.0 Å². The zero-order valence-electron chi connectivity index (χ0n) is 5.48. The summed E-state index contributed by atoms with van der Waals surface area (Å²) in [6, 6.07) is 0. The molecule has 0 saturated heterocycles. The number of rotatable bonds is 2. The molecule has 0 amide bonds. The van der Waals surface area contributed by atoms with Crippen LogP contribution in [0.3, 0.4) is 0 Å². The molecule has 0 aromatic heterocycles. The van der Waals surface area contributed by atoms with Crippen molar-refractivity contribution in [3.63, 3.8) is 0 Å². The minimum atomic E-state index is -4.43. The third-order valence-corrected chi connectivity index (χ3v) is 0.940. The van der Waals surface area contributed by atoms with E-state index in [1.165, 1.54) is 0 Å². The van der Waals surface area contributed by atoms with Crippen LogP contribution in [0.5, 0.6) is 0 Å². The highest BCUT2D eigenvalue weighted by molar-refractivity contribution is 5.85. The molecule has 0 rings (SSSR count). The summed E-state index contributed by atoms with van der Waals surface area (Å²) in [4.78, 5) is 0. The Kier molecular flexibility index (Phi) is 6.09. The Hall–Kier alpha value is 0.0400. The molecule has 10 heavy (non-hydrogen) atoms. The maximum absolute atomic E-state index is 11.4. The number of alkyl halides is 3. The van der Waals surface area contributed by atoms with Gasteiger partial charge >= 0.3 is 6.18 Å². The van der Waals surface area contributed by atoms with Gasteiger partial charge in [-0.05, 0) is 6.42 Å². The van der Waals surface area contributed by atoms with Crippen LogP contribution in [0.25, 0.3) is 0 Å². The monoisotopic (exact) mass is 178 g/mol. The Labute approximate surface area is 63.6 Å². The van der Waals surface area contributed by atoms with E-state index >= 15 is 0 Å². The average molecular weight is 179 g/mol. The van der Waals surface area contributed by atoms with Crippen molar-refractivity contribution < 1.29 is 18.3 Å². The fraction of sp³-hybridized carbons (Fsp3) is 1.00. The molecule has 0 aromatic carbocycles. The molecular weight excluding hydrogens is 169 g/mol. The third-order valence-electron chi connectivity index (χ3n) is 0.940. The van der Waals surface area contributed by atoms with Crippen LogP contribution in [0, 0.1) is 0 Å². The molecular formula is C5H10ClF3O. The average Bonchev–Trinajstić information content (AvgIpc) is 1.64. The molecule has 0 aromatic rings. The van der Waals surface area contributed by atoms with Crippen molar-refractivity contribution >= 4 is 12.4 Å². The number of aliphatic hydroxyl groups is 1. The largest absolute Gasteiger partial charge is 0.414 e. The van der Waals surface area contributed by atoms with E-state index in [2.05, 4.69) is 0 Å². The zero-order chi connectivity index (χ0) is 7.49. The number of hydrogen-bond donors (Lipinski definition) is 1. The molecule has 0 aliphatic rings. The highest BCUT2D eigenvalue weighted by atomic mass is 35.5. The third kappa shape index (κ3) is 4.88. The van der Waals surface area contributed by atoms with Gasteiger partial charge in [0.15, 0.2) is 0 Å². The van der Waals surface area contributed by atoms with Gasteiger partial charge in [-0.25, -0.2) is 0 Å². The van der Waals surface area contributed by atoms with Crippen molar-refractivity contribution in [1.82, 2.24) is 0 Å². The number of halogens is 4. The number of aliphatic hydroxyl groups excluding tert-OH is 1. The Balaban J connectivity index is 0. The molecule has 1 nitrogen and oxygen atoms in total. The van der Waals surface area contributed by atoms with Gasteiger partial charge in [-0.1, -0.05) is 13.3 Å². The SMILES string of the molecule is CCCC(O)C(F)(F)F.Cl. The second-order valence-electron chi connectivity index (χ2n) is 1.85. The highest BCUT2D eigenvalue weighted by Gasteiger charge is 2.36. The topological polar surface area (TPSA) is 20.2 Å².